The van der Waals surface area contributed by atoms with E-state index in [1.165, 1.54) is 19.3 Å². The predicted octanol–water partition coefficient (Wildman–Crippen LogP) is 1.03. The summed E-state index contributed by atoms with van der Waals surface area (Å²) in [5.74, 6) is 1.01. The number of hydrogen-bond donors (Lipinski definition) is 2. The van der Waals surface area contributed by atoms with E-state index in [9.17, 15) is 0 Å². The van der Waals surface area contributed by atoms with Gasteiger partial charge in [-0.05, 0) is 18.0 Å². The van der Waals surface area contributed by atoms with Crippen LogP contribution < -0.4 is 11.5 Å². The molecule has 1 aliphatic carbocycles. The fraction of sp³-hybridized carbons (Fsp3) is 0.778. The molecular formula is C9H16N4O. The second kappa shape index (κ2) is 3.96. The van der Waals surface area contributed by atoms with Gasteiger partial charge >= 0.3 is 0 Å². The highest BCUT2D eigenvalue weighted by atomic mass is 16.5. The van der Waals surface area contributed by atoms with Crippen LogP contribution in [0.25, 0.3) is 0 Å². The molecule has 0 spiro atoms. The molecule has 0 aliphatic heterocycles. The molecule has 0 radical (unpaired) electrons. The van der Waals surface area contributed by atoms with Crippen LogP contribution in [0.5, 0.6) is 0 Å². The molecule has 1 fully saturated rings. The molecule has 5 nitrogen and oxygen atoms in total. The summed E-state index contributed by atoms with van der Waals surface area (Å²) in [6, 6.07) is 0.136. The number of anilines is 1. The Labute approximate surface area is 82.8 Å². The molecule has 1 heterocycles. The lowest BCUT2D eigenvalue weighted by Gasteiger charge is -2.16. The molecule has 2 rings (SSSR count). The lowest BCUT2D eigenvalue weighted by Crippen LogP contribution is -2.27. The first kappa shape index (κ1) is 9.45. The standard InChI is InChI=1S/C9H16N4O/c10-7-5-3-1-2-4-6(7)8-12-9(11)13-14-8/h6-7H,1-5,10H2,(H2,11,13). The second-order valence-electron chi connectivity index (χ2n) is 3.90. The van der Waals surface area contributed by atoms with E-state index in [1.807, 2.05) is 0 Å². The third kappa shape index (κ3) is 1.87. The van der Waals surface area contributed by atoms with Gasteiger partial charge in [-0.1, -0.05) is 19.3 Å². The summed E-state index contributed by atoms with van der Waals surface area (Å²) in [6.07, 6.45) is 5.69. The molecule has 1 aromatic rings. The van der Waals surface area contributed by atoms with E-state index < -0.39 is 0 Å². The van der Waals surface area contributed by atoms with Gasteiger partial charge in [0.15, 0.2) is 0 Å². The van der Waals surface area contributed by atoms with Gasteiger partial charge in [0.2, 0.25) is 5.89 Å². The molecule has 5 heteroatoms. The summed E-state index contributed by atoms with van der Waals surface area (Å²) in [6.45, 7) is 0. The zero-order chi connectivity index (χ0) is 9.97. The van der Waals surface area contributed by atoms with Crippen molar-refractivity contribution in [2.24, 2.45) is 5.73 Å². The fourth-order valence-corrected chi connectivity index (χ4v) is 2.04. The number of rotatable bonds is 1. The Bertz CT molecular complexity index is 299. The number of aromatic nitrogens is 2. The molecule has 1 aliphatic rings. The molecule has 0 saturated heterocycles. The van der Waals surface area contributed by atoms with E-state index in [2.05, 4.69) is 10.1 Å². The molecule has 78 valence electrons. The molecule has 0 amide bonds. The summed E-state index contributed by atoms with van der Waals surface area (Å²) in [5, 5.41) is 3.59. The van der Waals surface area contributed by atoms with E-state index in [0.29, 0.717) is 5.89 Å². The second-order valence-corrected chi connectivity index (χ2v) is 3.90. The first-order valence-corrected chi connectivity index (χ1v) is 5.12. The van der Waals surface area contributed by atoms with Crippen LogP contribution in [-0.4, -0.2) is 16.2 Å². The topological polar surface area (TPSA) is 91.0 Å². The molecule has 0 aromatic carbocycles. The molecule has 2 unspecified atom stereocenters. The van der Waals surface area contributed by atoms with Crippen LogP contribution >= 0.6 is 0 Å². The Morgan fingerprint density at radius 1 is 1.21 bits per heavy atom. The van der Waals surface area contributed by atoms with Crippen molar-refractivity contribution in [1.29, 1.82) is 0 Å². The Morgan fingerprint density at radius 3 is 2.71 bits per heavy atom. The van der Waals surface area contributed by atoms with E-state index in [0.717, 1.165) is 12.8 Å². The van der Waals surface area contributed by atoms with Crippen molar-refractivity contribution in [2.45, 2.75) is 44.1 Å². The van der Waals surface area contributed by atoms with Crippen LogP contribution in [0.2, 0.25) is 0 Å². The minimum atomic E-state index is 0.136. The van der Waals surface area contributed by atoms with Crippen molar-refractivity contribution in [3.05, 3.63) is 5.89 Å². The van der Waals surface area contributed by atoms with Gasteiger partial charge in [0.1, 0.15) is 0 Å². The van der Waals surface area contributed by atoms with Gasteiger partial charge in [0, 0.05) is 6.04 Å². The van der Waals surface area contributed by atoms with Crippen LogP contribution in [-0.2, 0) is 0 Å². The molecule has 4 N–H and O–H groups in total. The molecular weight excluding hydrogens is 180 g/mol. The third-order valence-electron chi connectivity index (χ3n) is 2.84. The lowest BCUT2D eigenvalue weighted by atomic mass is 9.95. The van der Waals surface area contributed by atoms with E-state index in [4.69, 9.17) is 16.0 Å². The van der Waals surface area contributed by atoms with Crippen LogP contribution in [0.4, 0.5) is 5.95 Å². The van der Waals surface area contributed by atoms with Gasteiger partial charge in [-0.15, -0.1) is 0 Å². The van der Waals surface area contributed by atoms with Gasteiger partial charge in [-0.25, -0.2) is 0 Å². The Hall–Kier alpha value is -1.10. The van der Waals surface area contributed by atoms with Crippen LogP contribution in [0.15, 0.2) is 4.52 Å². The minimum Gasteiger partial charge on any atom is -0.365 e. The highest BCUT2D eigenvalue weighted by molar-refractivity contribution is 5.13. The van der Waals surface area contributed by atoms with Crippen molar-refractivity contribution >= 4 is 5.95 Å². The van der Waals surface area contributed by atoms with E-state index in [1.54, 1.807) is 0 Å². The van der Waals surface area contributed by atoms with Crippen molar-refractivity contribution in [2.75, 3.05) is 5.73 Å². The molecule has 14 heavy (non-hydrogen) atoms. The zero-order valence-electron chi connectivity index (χ0n) is 8.15. The molecule has 1 aromatic heterocycles. The fourth-order valence-electron chi connectivity index (χ4n) is 2.04. The van der Waals surface area contributed by atoms with Gasteiger partial charge in [-0.2, -0.15) is 4.98 Å². The maximum Gasteiger partial charge on any atom is 0.260 e. The smallest absolute Gasteiger partial charge is 0.260 e. The maximum atomic E-state index is 6.05. The Kier molecular flexibility index (Phi) is 2.67. The lowest BCUT2D eigenvalue weighted by molar-refractivity contribution is 0.326. The Morgan fingerprint density at radius 2 is 2.00 bits per heavy atom. The van der Waals surface area contributed by atoms with Crippen LogP contribution in [0.1, 0.15) is 43.9 Å². The number of hydrogen-bond acceptors (Lipinski definition) is 5. The largest absolute Gasteiger partial charge is 0.365 e. The van der Waals surface area contributed by atoms with Gasteiger partial charge in [-0.3, -0.25) is 0 Å². The monoisotopic (exact) mass is 196 g/mol. The van der Waals surface area contributed by atoms with Crippen molar-refractivity contribution in [1.82, 2.24) is 10.1 Å². The van der Waals surface area contributed by atoms with Crippen molar-refractivity contribution in [3.8, 4) is 0 Å². The van der Waals surface area contributed by atoms with E-state index in [-0.39, 0.29) is 17.9 Å². The minimum absolute atomic E-state index is 0.136. The Balaban J connectivity index is 2.14. The summed E-state index contributed by atoms with van der Waals surface area (Å²) in [7, 11) is 0. The average molecular weight is 196 g/mol. The first-order chi connectivity index (χ1) is 6.77. The number of nitrogens with two attached hydrogens (primary N) is 2. The first-order valence-electron chi connectivity index (χ1n) is 5.12. The zero-order valence-corrected chi connectivity index (χ0v) is 8.15. The predicted molar refractivity (Wildman–Crippen MR) is 52.5 cm³/mol. The van der Waals surface area contributed by atoms with Gasteiger partial charge < -0.3 is 16.0 Å². The summed E-state index contributed by atoms with van der Waals surface area (Å²) in [5.41, 5.74) is 11.5. The van der Waals surface area contributed by atoms with Crippen LogP contribution in [0.3, 0.4) is 0 Å². The van der Waals surface area contributed by atoms with Crippen LogP contribution in [0, 0.1) is 0 Å². The molecule has 1 saturated carbocycles. The highest BCUT2D eigenvalue weighted by Gasteiger charge is 2.26. The molecule has 2 atom stereocenters. The van der Waals surface area contributed by atoms with Gasteiger partial charge in [0.25, 0.3) is 5.95 Å². The normalized spacial score (nSPS) is 28.6. The van der Waals surface area contributed by atoms with Gasteiger partial charge in [0.05, 0.1) is 5.92 Å². The average Bonchev–Trinajstić information content (AvgIpc) is 2.46. The SMILES string of the molecule is Nc1noc(C2CCCCCC2N)n1. The highest BCUT2D eigenvalue weighted by Crippen LogP contribution is 2.29. The molecule has 0 bridgehead atoms. The summed E-state index contributed by atoms with van der Waals surface area (Å²) in [4.78, 5) is 4.05. The third-order valence-corrected chi connectivity index (χ3v) is 2.84. The van der Waals surface area contributed by atoms with Crippen molar-refractivity contribution < 1.29 is 4.52 Å². The number of nitrogens with zero attached hydrogens (tertiary/aromatic N) is 2. The maximum absolute atomic E-state index is 6.05. The summed E-state index contributed by atoms with van der Waals surface area (Å²) < 4.78 is 5.06. The summed E-state index contributed by atoms with van der Waals surface area (Å²) >= 11 is 0. The van der Waals surface area contributed by atoms with Crippen molar-refractivity contribution in [3.63, 3.8) is 0 Å². The number of nitrogen functional groups attached to an aromatic ring is 1. The van der Waals surface area contributed by atoms with E-state index >= 15 is 0 Å². The quantitative estimate of drug-likeness (QED) is 0.654.